The molecule has 2 aromatic rings. The van der Waals surface area contributed by atoms with Crippen molar-refractivity contribution < 1.29 is 14.1 Å². The minimum absolute atomic E-state index is 0.262. The molecule has 0 atom stereocenters. The Kier molecular flexibility index (Phi) is 10.5. The molecule has 0 unspecified atom stereocenters. The van der Waals surface area contributed by atoms with Crippen LogP contribution in [0.25, 0.3) is 0 Å². The SMILES string of the molecule is CCN1/C(=C/C=C2\CCCC(/C=C/C3=[N+](CC)c4ccc(Cl)cc4C3(C)C)=C2SC(=O)OC(Cl)(Cl)Cl)C(C)(C)c2cc(Cl)ccc21. The van der Waals surface area contributed by atoms with E-state index >= 15 is 0 Å². The van der Waals surface area contributed by atoms with Gasteiger partial charge in [-0.05, 0) is 147 Å². The van der Waals surface area contributed by atoms with Crippen LogP contribution < -0.4 is 4.90 Å². The smallest absolute Gasteiger partial charge is 0.375 e. The lowest BCUT2D eigenvalue weighted by Gasteiger charge is -2.26. The number of benzene rings is 2. The molecule has 244 valence electrons. The van der Waals surface area contributed by atoms with Gasteiger partial charge in [-0.1, -0.05) is 49.2 Å². The lowest BCUT2D eigenvalue weighted by atomic mass is 9.81. The number of nitrogens with zero attached hydrogens (tertiary/aromatic N) is 2. The van der Waals surface area contributed by atoms with Gasteiger partial charge in [0.2, 0.25) is 5.69 Å². The van der Waals surface area contributed by atoms with Crippen LogP contribution in [0.5, 0.6) is 0 Å². The normalized spacial score (nSPS) is 20.7. The molecule has 0 spiro atoms. The summed E-state index contributed by atoms with van der Waals surface area (Å²) in [7, 11) is 0. The van der Waals surface area contributed by atoms with Crippen LogP contribution in [0.2, 0.25) is 10.0 Å². The summed E-state index contributed by atoms with van der Waals surface area (Å²) in [5.74, 6) is 0. The summed E-state index contributed by atoms with van der Waals surface area (Å²) in [6, 6.07) is 12.2. The van der Waals surface area contributed by atoms with Crippen molar-refractivity contribution in [2.24, 2.45) is 0 Å². The van der Waals surface area contributed by atoms with Crippen LogP contribution in [-0.4, -0.2) is 32.7 Å². The summed E-state index contributed by atoms with van der Waals surface area (Å²) in [4.78, 5) is 16.2. The van der Waals surface area contributed by atoms with Gasteiger partial charge < -0.3 is 9.64 Å². The van der Waals surface area contributed by atoms with E-state index in [2.05, 4.69) is 99.6 Å². The maximum atomic E-state index is 13.0. The zero-order chi connectivity index (χ0) is 33.6. The number of anilines is 1. The Morgan fingerprint density at radius 3 is 2.28 bits per heavy atom. The van der Waals surface area contributed by atoms with Crippen LogP contribution in [0.15, 0.2) is 82.5 Å². The van der Waals surface area contributed by atoms with Crippen molar-refractivity contribution in [1.82, 2.24) is 0 Å². The molecule has 2 aromatic carbocycles. The number of alkyl halides is 3. The summed E-state index contributed by atoms with van der Waals surface area (Å²) in [6.45, 7) is 14.8. The number of carbonyl (C=O) groups excluding carboxylic acids is 1. The molecule has 0 saturated carbocycles. The molecule has 4 nitrogen and oxygen atoms in total. The van der Waals surface area contributed by atoms with Crippen LogP contribution in [0.3, 0.4) is 0 Å². The van der Waals surface area contributed by atoms with Gasteiger partial charge in [0.25, 0.3) is 0 Å². The number of hydrogen-bond acceptors (Lipinski definition) is 4. The molecule has 0 amide bonds. The number of ether oxygens (including phenoxy) is 1. The zero-order valence-corrected chi connectivity index (χ0v) is 31.4. The van der Waals surface area contributed by atoms with Crippen molar-refractivity contribution in [2.75, 3.05) is 18.0 Å². The summed E-state index contributed by atoms with van der Waals surface area (Å²) in [5.41, 5.74) is 8.55. The number of carbonyl (C=O) groups is 1. The first-order valence-electron chi connectivity index (χ1n) is 15.4. The molecule has 0 bridgehead atoms. The van der Waals surface area contributed by atoms with Gasteiger partial charge in [0.1, 0.15) is 6.54 Å². The van der Waals surface area contributed by atoms with E-state index in [0.29, 0.717) is 0 Å². The molecule has 0 N–H and O–H groups in total. The number of likely N-dealkylation sites (N-methyl/N-ethyl adjacent to an activating group) is 1. The average Bonchev–Trinajstić information content (AvgIpc) is 3.31. The molecule has 0 aromatic heterocycles. The zero-order valence-electron chi connectivity index (χ0n) is 26.8. The Hall–Kier alpha value is -1.86. The molecule has 2 heterocycles. The van der Waals surface area contributed by atoms with Crippen LogP contribution in [0.1, 0.15) is 71.9 Å². The third kappa shape index (κ3) is 6.97. The first kappa shape index (κ1) is 35.4. The van der Waals surface area contributed by atoms with Gasteiger partial charge in [-0.2, -0.15) is 4.58 Å². The third-order valence-electron chi connectivity index (χ3n) is 9.08. The summed E-state index contributed by atoms with van der Waals surface area (Å²) >= 11 is 31.3. The van der Waals surface area contributed by atoms with E-state index in [-0.39, 0.29) is 10.8 Å². The average molecular weight is 740 g/mol. The first-order chi connectivity index (χ1) is 21.6. The second-order valence-corrected chi connectivity index (χ2v) is 16.6. The molecule has 0 fully saturated rings. The fourth-order valence-corrected chi connectivity index (χ4v) is 8.51. The minimum Gasteiger partial charge on any atom is -0.406 e. The van der Waals surface area contributed by atoms with Crippen LogP contribution in [0, 0.1) is 0 Å². The van der Waals surface area contributed by atoms with E-state index in [0.717, 1.165) is 93.0 Å². The lowest BCUT2D eigenvalue weighted by Crippen LogP contribution is -2.27. The fraction of sp³-hybridized carbons (Fsp3) is 0.389. The molecule has 10 heteroatoms. The van der Waals surface area contributed by atoms with Gasteiger partial charge in [0, 0.05) is 56.0 Å². The molecule has 0 radical (unpaired) electrons. The molecule has 5 rings (SSSR count). The van der Waals surface area contributed by atoms with Crippen LogP contribution >= 0.6 is 69.8 Å². The second-order valence-electron chi connectivity index (χ2n) is 12.6. The topological polar surface area (TPSA) is 32.5 Å². The molecule has 2 aliphatic heterocycles. The quantitative estimate of drug-likeness (QED) is 0.168. The minimum atomic E-state index is -2.15. The Morgan fingerprint density at radius 2 is 1.63 bits per heavy atom. The monoisotopic (exact) mass is 737 g/mol. The van der Waals surface area contributed by atoms with Crippen LogP contribution in [-0.2, 0) is 15.6 Å². The van der Waals surface area contributed by atoms with Gasteiger partial charge in [-0.25, -0.2) is 4.79 Å². The van der Waals surface area contributed by atoms with E-state index in [1.807, 2.05) is 12.1 Å². The highest BCUT2D eigenvalue weighted by atomic mass is 35.6. The number of hydrogen-bond donors (Lipinski definition) is 0. The van der Waals surface area contributed by atoms with E-state index in [1.165, 1.54) is 11.1 Å². The van der Waals surface area contributed by atoms with Gasteiger partial charge in [-0.3, -0.25) is 0 Å². The Bertz CT molecular complexity index is 1730. The molecule has 1 aliphatic carbocycles. The maximum absolute atomic E-state index is 13.0. The van der Waals surface area contributed by atoms with E-state index in [9.17, 15) is 4.79 Å². The standard InChI is InChI=1S/C36H38Cl5N2O2S/c1-7-42-28-16-14-24(37)20-26(28)34(3,4)30(42)18-12-22-10-9-11-23(32(22)46-33(44)45-36(39,40)41)13-19-31-35(5,6)27-21-25(38)15-17-29(27)43(31)8-2/h12-21H,7-11H2,1-6H3/q+1. The van der Waals surface area contributed by atoms with Crippen LogP contribution in [0.4, 0.5) is 16.2 Å². The number of rotatable bonds is 6. The molecule has 46 heavy (non-hydrogen) atoms. The number of thioether (sulfide) groups is 1. The summed E-state index contributed by atoms with van der Waals surface area (Å²) in [5, 5.41) is 0.763. The van der Waals surface area contributed by atoms with Gasteiger partial charge in [0.15, 0.2) is 5.71 Å². The highest BCUT2D eigenvalue weighted by Gasteiger charge is 2.44. The predicted octanol–water partition coefficient (Wildman–Crippen LogP) is 12.2. The Balaban J connectivity index is 1.59. The Labute approximate surface area is 301 Å². The summed E-state index contributed by atoms with van der Waals surface area (Å²) < 4.78 is 5.28. The van der Waals surface area contributed by atoms with Gasteiger partial charge in [-0.15, -0.1) is 0 Å². The molecular weight excluding hydrogens is 702 g/mol. The van der Waals surface area contributed by atoms with Crippen molar-refractivity contribution in [2.45, 2.75) is 75.6 Å². The van der Waals surface area contributed by atoms with E-state index in [1.54, 1.807) is 0 Å². The van der Waals surface area contributed by atoms with E-state index < -0.39 is 9.28 Å². The molecular formula is C36H38Cl5N2O2S+. The highest BCUT2D eigenvalue weighted by Crippen LogP contribution is 2.49. The Morgan fingerprint density at radius 1 is 0.957 bits per heavy atom. The van der Waals surface area contributed by atoms with Crippen molar-refractivity contribution >= 4 is 92.2 Å². The maximum Gasteiger partial charge on any atom is 0.375 e. The third-order valence-corrected chi connectivity index (χ3v) is 10.8. The predicted molar refractivity (Wildman–Crippen MR) is 198 cm³/mol. The van der Waals surface area contributed by atoms with E-state index in [4.69, 9.17) is 62.7 Å². The fourth-order valence-electron chi connectivity index (χ4n) is 6.89. The number of halogens is 5. The first-order valence-corrected chi connectivity index (χ1v) is 18.1. The number of allylic oxidation sites excluding steroid dienone is 7. The molecule has 0 saturated heterocycles. The van der Waals surface area contributed by atoms with Crippen molar-refractivity contribution in [3.05, 3.63) is 104 Å². The second kappa shape index (κ2) is 13.6. The van der Waals surface area contributed by atoms with Gasteiger partial charge >= 0.3 is 9.28 Å². The largest absolute Gasteiger partial charge is 0.406 e. The summed E-state index contributed by atoms with van der Waals surface area (Å²) in [6.07, 6.45) is 11.1. The number of fused-ring (bicyclic) bond motifs is 2. The van der Waals surface area contributed by atoms with Crippen molar-refractivity contribution in [3.63, 3.8) is 0 Å². The van der Waals surface area contributed by atoms with Gasteiger partial charge in [0.05, 0.1) is 5.41 Å². The molecule has 3 aliphatic rings. The van der Waals surface area contributed by atoms with Crippen molar-refractivity contribution in [3.8, 4) is 0 Å². The highest BCUT2D eigenvalue weighted by molar-refractivity contribution is 8.16. The van der Waals surface area contributed by atoms with Crippen molar-refractivity contribution in [1.29, 1.82) is 0 Å². The lowest BCUT2D eigenvalue weighted by molar-refractivity contribution is -0.433.